The molecule has 2 aliphatic rings. The van der Waals surface area contributed by atoms with Crippen molar-refractivity contribution in [2.45, 2.75) is 25.7 Å². The number of nitrogens with zero attached hydrogens (tertiary/aromatic N) is 4. The van der Waals surface area contributed by atoms with Gasteiger partial charge in [0.1, 0.15) is 24.9 Å². The molecule has 3 heterocycles. The lowest BCUT2D eigenvalue weighted by molar-refractivity contribution is -0.139. The normalized spacial score (nSPS) is 15.9. The maximum atomic E-state index is 14.3. The van der Waals surface area contributed by atoms with E-state index in [1.165, 1.54) is 4.72 Å². The van der Waals surface area contributed by atoms with Gasteiger partial charge in [0.15, 0.2) is 17.2 Å². The molecule has 49 heavy (non-hydrogen) atoms. The summed E-state index contributed by atoms with van der Waals surface area (Å²) in [5.41, 5.74) is 1.90. The number of urea groups is 2. The summed E-state index contributed by atoms with van der Waals surface area (Å²) in [6.45, 7) is -1.68. The standard InChI is InChI=1S/C29H27F2N7O10S/c30-24(31)22-23(48-16-18-9-5-2-6-10-18)21(47-15-17-7-3-1-4-8-17)13-19(32-22)25(39)34-37-11-12-38(29(37)44)49(45,46)35-27(41)36-14-20(26(36)40)33-28(42)43/h1-10,13,20,24,33H,11-12,14-16H2,(H,34,39)(H,35,41)(H,42,43). The quantitative estimate of drug-likeness (QED) is 0.200. The second-order valence-corrected chi connectivity index (χ2v) is 12.0. The van der Waals surface area contributed by atoms with Crippen molar-refractivity contribution in [2.24, 2.45) is 0 Å². The molecule has 0 aliphatic carbocycles. The molecule has 0 saturated carbocycles. The van der Waals surface area contributed by atoms with Crippen molar-refractivity contribution in [1.82, 2.24) is 34.7 Å². The average Bonchev–Trinajstić information content (AvgIpc) is 3.44. The molecule has 0 bridgehead atoms. The first-order valence-electron chi connectivity index (χ1n) is 14.3. The number of imide groups is 1. The van der Waals surface area contributed by atoms with Gasteiger partial charge >= 0.3 is 28.4 Å². The summed E-state index contributed by atoms with van der Waals surface area (Å²) < 4.78 is 67.4. The third-order valence-corrected chi connectivity index (χ3v) is 8.41. The van der Waals surface area contributed by atoms with Crippen molar-refractivity contribution in [2.75, 3.05) is 19.6 Å². The Labute approximate surface area is 276 Å². The molecule has 17 nitrogen and oxygen atoms in total. The van der Waals surface area contributed by atoms with E-state index in [9.17, 15) is 41.2 Å². The van der Waals surface area contributed by atoms with Crippen molar-refractivity contribution >= 4 is 40.2 Å². The number of nitrogens with one attached hydrogen (secondary N) is 3. The molecule has 7 amide bonds. The highest BCUT2D eigenvalue weighted by Crippen LogP contribution is 2.38. The van der Waals surface area contributed by atoms with E-state index < -0.39 is 89.4 Å². The molecule has 0 spiro atoms. The number of pyridine rings is 1. The summed E-state index contributed by atoms with van der Waals surface area (Å²) in [4.78, 5) is 65.3. The molecule has 3 aromatic rings. The van der Waals surface area contributed by atoms with Gasteiger partial charge in [-0.05, 0) is 11.1 Å². The molecule has 2 fully saturated rings. The summed E-state index contributed by atoms with van der Waals surface area (Å²) >= 11 is 0. The van der Waals surface area contributed by atoms with Crippen LogP contribution in [-0.4, -0.2) is 88.4 Å². The first-order valence-corrected chi connectivity index (χ1v) is 15.7. The minimum Gasteiger partial charge on any atom is -0.485 e. The number of carbonyl (C=O) groups is 5. The SMILES string of the molecule is O=C(O)NC1CN(C(=O)NS(=O)(=O)N2CCN(NC(=O)c3cc(OCc4ccccc4)c(OCc4ccccc4)c(C(F)F)n3)C2=O)C1=O. The van der Waals surface area contributed by atoms with E-state index in [1.54, 1.807) is 60.7 Å². The van der Waals surface area contributed by atoms with Crippen LogP contribution in [0.3, 0.4) is 0 Å². The van der Waals surface area contributed by atoms with Gasteiger partial charge in [0.25, 0.3) is 18.2 Å². The number of hydrazine groups is 1. The average molecular weight is 704 g/mol. The number of carbonyl (C=O) groups excluding carboxylic acids is 4. The van der Waals surface area contributed by atoms with E-state index in [2.05, 4.69) is 10.4 Å². The van der Waals surface area contributed by atoms with E-state index in [-0.39, 0.29) is 23.3 Å². The minimum absolute atomic E-state index is 0.0980. The van der Waals surface area contributed by atoms with Crippen molar-refractivity contribution < 1.29 is 55.8 Å². The zero-order chi connectivity index (χ0) is 35.3. The summed E-state index contributed by atoms with van der Waals surface area (Å²) in [5.74, 6) is -2.87. The fraction of sp³-hybridized carbons (Fsp3) is 0.241. The van der Waals surface area contributed by atoms with Crippen LogP contribution in [0, 0.1) is 0 Å². The molecular formula is C29H27F2N7O10S. The number of carboxylic acid groups (broad SMARTS) is 1. The van der Waals surface area contributed by atoms with Crippen LogP contribution in [0.25, 0.3) is 0 Å². The zero-order valence-corrected chi connectivity index (χ0v) is 25.9. The molecule has 5 rings (SSSR count). The Bertz CT molecular complexity index is 1870. The van der Waals surface area contributed by atoms with Gasteiger partial charge in [0.05, 0.1) is 19.6 Å². The smallest absolute Gasteiger partial charge is 0.405 e. The topological polar surface area (TPSA) is 217 Å². The largest absolute Gasteiger partial charge is 0.485 e. The van der Waals surface area contributed by atoms with Crippen LogP contribution >= 0.6 is 0 Å². The molecule has 2 aromatic carbocycles. The first kappa shape index (κ1) is 34.3. The lowest BCUT2D eigenvalue weighted by Gasteiger charge is -2.36. The molecule has 1 atom stereocenters. The van der Waals surface area contributed by atoms with Gasteiger partial charge < -0.3 is 19.9 Å². The highest BCUT2D eigenvalue weighted by molar-refractivity contribution is 7.88. The number of ether oxygens (including phenoxy) is 2. The lowest BCUT2D eigenvalue weighted by Crippen LogP contribution is -2.67. The van der Waals surface area contributed by atoms with Gasteiger partial charge in [-0.25, -0.2) is 42.2 Å². The molecular weight excluding hydrogens is 676 g/mol. The van der Waals surface area contributed by atoms with Gasteiger partial charge in [0, 0.05) is 6.07 Å². The summed E-state index contributed by atoms with van der Waals surface area (Å²) in [5, 5.41) is 11.1. The van der Waals surface area contributed by atoms with Crippen molar-refractivity contribution in [3.05, 3.63) is 89.2 Å². The monoisotopic (exact) mass is 703 g/mol. The fourth-order valence-electron chi connectivity index (χ4n) is 4.62. The molecule has 4 N–H and O–H groups in total. The van der Waals surface area contributed by atoms with Gasteiger partial charge in [-0.2, -0.15) is 8.42 Å². The predicted octanol–water partition coefficient (Wildman–Crippen LogP) is 1.99. The number of aromatic nitrogens is 1. The third kappa shape index (κ3) is 7.92. The fourth-order valence-corrected chi connectivity index (χ4v) is 5.69. The Balaban J connectivity index is 1.30. The summed E-state index contributed by atoms with van der Waals surface area (Å²) in [6.07, 6.45) is -4.76. The van der Waals surface area contributed by atoms with Crippen LogP contribution in [0.15, 0.2) is 66.7 Å². The molecule has 1 aromatic heterocycles. The predicted molar refractivity (Wildman–Crippen MR) is 161 cm³/mol. The van der Waals surface area contributed by atoms with Crippen LogP contribution in [0.2, 0.25) is 0 Å². The highest BCUT2D eigenvalue weighted by Gasteiger charge is 2.45. The van der Waals surface area contributed by atoms with Crippen LogP contribution in [0.5, 0.6) is 11.5 Å². The number of likely N-dealkylation sites (tertiary alicyclic amines) is 1. The zero-order valence-electron chi connectivity index (χ0n) is 25.1. The van der Waals surface area contributed by atoms with Gasteiger partial charge in [-0.15, -0.1) is 0 Å². The molecule has 2 aliphatic heterocycles. The van der Waals surface area contributed by atoms with Crippen LogP contribution in [0.1, 0.15) is 33.7 Å². The number of amides is 7. The number of β-lactam (4-membered cyclic amide) rings is 1. The Hall–Kier alpha value is -6.05. The first-order chi connectivity index (χ1) is 23.3. The van der Waals surface area contributed by atoms with Gasteiger partial charge in [-0.3, -0.25) is 19.9 Å². The number of hydrogen-bond donors (Lipinski definition) is 4. The Kier molecular flexibility index (Phi) is 10.1. The molecule has 258 valence electrons. The Morgan fingerprint density at radius 3 is 2.14 bits per heavy atom. The molecule has 1 unspecified atom stereocenters. The van der Waals surface area contributed by atoms with Crippen LogP contribution in [0.4, 0.5) is 23.2 Å². The van der Waals surface area contributed by atoms with E-state index in [4.69, 9.17) is 14.6 Å². The number of benzene rings is 2. The van der Waals surface area contributed by atoms with Crippen LogP contribution < -0.4 is 24.9 Å². The van der Waals surface area contributed by atoms with Crippen molar-refractivity contribution in [1.29, 1.82) is 0 Å². The summed E-state index contributed by atoms with van der Waals surface area (Å²) in [6, 6.07) is 14.4. The molecule has 2 saturated heterocycles. The summed E-state index contributed by atoms with van der Waals surface area (Å²) in [7, 11) is -4.91. The highest BCUT2D eigenvalue weighted by atomic mass is 32.2. The minimum atomic E-state index is -4.91. The maximum absolute atomic E-state index is 14.3. The van der Waals surface area contributed by atoms with E-state index in [1.807, 2.05) is 5.32 Å². The maximum Gasteiger partial charge on any atom is 0.405 e. The van der Waals surface area contributed by atoms with E-state index in [0.717, 1.165) is 6.07 Å². The molecule has 0 radical (unpaired) electrons. The third-order valence-electron chi connectivity index (χ3n) is 7.05. The van der Waals surface area contributed by atoms with Gasteiger partial charge in [-0.1, -0.05) is 60.7 Å². The van der Waals surface area contributed by atoms with Crippen LogP contribution in [-0.2, 0) is 28.2 Å². The lowest BCUT2D eigenvalue weighted by atomic mass is 10.1. The molecule has 20 heteroatoms. The van der Waals surface area contributed by atoms with E-state index in [0.29, 0.717) is 21.0 Å². The number of hydrogen-bond acceptors (Lipinski definition) is 10. The van der Waals surface area contributed by atoms with Gasteiger partial charge in [0.2, 0.25) is 0 Å². The number of alkyl halides is 2. The van der Waals surface area contributed by atoms with E-state index >= 15 is 0 Å². The second-order valence-electron chi connectivity index (χ2n) is 10.4. The van der Waals surface area contributed by atoms with Crippen molar-refractivity contribution in [3.63, 3.8) is 0 Å². The number of halogens is 2. The second kappa shape index (κ2) is 14.4. The number of rotatable bonds is 12. The Morgan fingerprint density at radius 2 is 1.57 bits per heavy atom. The Morgan fingerprint density at radius 1 is 0.959 bits per heavy atom. The van der Waals surface area contributed by atoms with Crippen molar-refractivity contribution in [3.8, 4) is 11.5 Å².